The first-order valence-corrected chi connectivity index (χ1v) is 17.0. The van der Waals surface area contributed by atoms with E-state index in [0.29, 0.717) is 0 Å². The number of hydrogen-bond donors (Lipinski definition) is 0. The number of nitrogens with zero attached hydrogens (tertiary/aromatic N) is 5. The van der Waals surface area contributed by atoms with Crippen LogP contribution in [0.1, 0.15) is 31.5 Å². The number of para-hydroxylation sites is 2. The molecule has 8 aromatic carbocycles. The van der Waals surface area contributed by atoms with Crippen LogP contribution in [0.2, 0.25) is 0 Å². The van der Waals surface area contributed by atoms with Crippen LogP contribution in [0.3, 0.4) is 0 Å². The van der Waals surface area contributed by atoms with Crippen molar-refractivity contribution in [1.82, 2.24) is 24.1 Å². The van der Waals surface area contributed by atoms with E-state index < -0.39 is 190 Å². The van der Waals surface area contributed by atoms with Gasteiger partial charge in [-0.15, -0.1) is 0 Å². The second-order valence-corrected chi connectivity index (χ2v) is 12.3. The zero-order chi connectivity index (χ0) is 57.0. The van der Waals surface area contributed by atoms with Gasteiger partial charge in [0.15, 0.2) is 11.6 Å². The number of benzene rings is 8. The lowest BCUT2D eigenvalue weighted by Gasteiger charge is -2.14. The molecule has 0 bridgehead atoms. The topological polar surface area (TPSA) is 48.5 Å². The van der Waals surface area contributed by atoms with E-state index in [2.05, 4.69) is 15.0 Å². The minimum atomic E-state index is -0.909. The summed E-state index contributed by atoms with van der Waals surface area (Å²) in [6.45, 7) is 0. The zero-order valence-electron chi connectivity index (χ0n) is 51.5. The molecule has 3 aromatic heterocycles. The van der Waals surface area contributed by atoms with Crippen molar-refractivity contribution in [3.8, 4) is 56.7 Å². The molecule has 5 nitrogen and oxygen atoms in total. The molecule has 0 saturated carbocycles. The highest BCUT2D eigenvalue weighted by Crippen LogP contribution is 2.42. The Bertz CT molecular complexity index is 4520. The highest BCUT2D eigenvalue weighted by molar-refractivity contribution is 6.23. The Morgan fingerprint density at radius 2 is 0.857 bits per heavy atom. The number of hydrogen-bond acceptors (Lipinski definition) is 3. The third kappa shape index (κ3) is 5.21. The summed E-state index contributed by atoms with van der Waals surface area (Å²) < 4.78 is 209. The predicted molar refractivity (Wildman–Crippen MR) is 230 cm³/mol. The summed E-state index contributed by atoms with van der Waals surface area (Å²) in [6, 6.07) is -0.655. The second kappa shape index (κ2) is 13.0. The Hall–Kier alpha value is -7.63. The highest BCUT2D eigenvalue weighted by atomic mass is 15.2. The smallest absolute Gasteiger partial charge is 0.238 e. The molecule has 56 heavy (non-hydrogen) atoms. The van der Waals surface area contributed by atoms with E-state index in [1.165, 1.54) is 4.57 Å². The lowest BCUT2D eigenvalue weighted by Crippen LogP contribution is -2.07. The Morgan fingerprint density at radius 1 is 0.339 bits per heavy atom. The minimum absolute atomic E-state index is 0.189. The Morgan fingerprint density at radius 3 is 1.54 bits per heavy atom. The molecule has 0 fully saturated rings. The first-order valence-electron chi connectivity index (χ1n) is 28.5. The van der Waals surface area contributed by atoms with Gasteiger partial charge < -0.3 is 4.57 Å². The van der Waals surface area contributed by atoms with Crippen molar-refractivity contribution in [3.05, 3.63) is 200 Å². The van der Waals surface area contributed by atoms with E-state index in [-0.39, 0.29) is 38.4 Å². The molecule has 11 rings (SSSR count). The average Bonchev–Trinajstić information content (AvgIpc) is 2.71. The predicted octanol–water partition coefficient (Wildman–Crippen LogP) is 12.7. The van der Waals surface area contributed by atoms with E-state index in [9.17, 15) is 13.7 Å². The first-order chi connectivity index (χ1) is 37.3. The fourth-order valence-corrected chi connectivity index (χ4v) is 6.72. The molecule has 5 heteroatoms. The van der Waals surface area contributed by atoms with Gasteiger partial charge in [-0.05, 0) is 46.5 Å². The highest BCUT2D eigenvalue weighted by Gasteiger charge is 2.23. The number of fused-ring (bicyclic) bond motifs is 7. The summed E-state index contributed by atoms with van der Waals surface area (Å²) in [5, 5.41) is -1.26. The maximum Gasteiger partial charge on any atom is 0.238 e. The fraction of sp³-hybridized carbons (Fsp3) is 0. The summed E-state index contributed by atoms with van der Waals surface area (Å²) in [5.41, 5.74) is -1.84. The van der Waals surface area contributed by atoms with Crippen molar-refractivity contribution < 1.29 is 31.5 Å². The van der Waals surface area contributed by atoms with Crippen LogP contribution in [0, 0.1) is 0 Å². The van der Waals surface area contributed by atoms with Gasteiger partial charge >= 0.3 is 0 Å². The van der Waals surface area contributed by atoms with Gasteiger partial charge in [0.1, 0.15) is 0 Å². The lowest BCUT2D eigenvalue weighted by atomic mass is 10.0. The number of aromatic nitrogens is 5. The second-order valence-electron chi connectivity index (χ2n) is 12.3. The summed E-state index contributed by atoms with van der Waals surface area (Å²) in [5.74, 6) is -2.33. The van der Waals surface area contributed by atoms with Crippen LogP contribution in [0.5, 0.6) is 0 Å². The van der Waals surface area contributed by atoms with Gasteiger partial charge in [0, 0.05) is 38.4 Å². The van der Waals surface area contributed by atoms with Crippen LogP contribution < -0.4 is 0 Å². The van der Waals surface area contributed by atoms with Crippen LogP contribution in [0.15, 0.2) is 200 Å². The monoisotopic (exact) mass is 738 g/mol. The Balaban J connectivity index is 1.38. The molecule has 3 heterocycles. The molecule has 0 atom stereocenters. The van der Waals surface area contributed by atoms with Gasteiger partial charge in [0.2, 0.25) is 5.95 Å². The van der Waals surface area contributed by atoms with Crippen LogP contribution in [0.25, 0.3) is 100 Å². The maximum atomic E-state index is 9.72. The molecule has 0 aliphatic rings. The van der Waals surface area contributed by atoms with Crippen LogP contribution in [-0.2, 0) is 0 Å². The first kappa shape index (κ1) is 16.4. The van der Waals surface area contributed by atoms with Crippen molar-refractivity contribution in [2.75, 3.05) is 0 Å². The molecule has 0 aliphatic heterocycles. The summed E-state index contributed by atoms with van der Waals surface area (Å²) in [6.07, 6.45) is 0. The van der Waals surface area contributed by atoms with Crippen molar-refractivity contribution >= 4 is 43.6 Å². The minimum Gasteiger partial charge on any atom is -0.307 e. The molecule has 0 radical (unpaired) electrons. The van der Waals surface area contributed by atoms with Crippen LogP contribution >= 0.6 is 0 Å². The van der Waals surface area contributed by atoms with E-state index in [1.807, 2.05) is 30.3 Å². The largest absolute Gasteiger partial charge is 0.307 e. The SMILES string of the molecule is [2H]c1cc(-c2c([2H])c([2H])c(-c3nc(-c4c([2H])c([2H])c([2H])c([2H])c4[2H])nc(-n4c5c([2H])c([2H])c([2H])c([2H])c5c5c([2H])c([2H])c6c7c([2H])c([2H])c([2H])c([2H])c7n(-c7ccc(-c8ccccc8)cc7)c6c54)n3)c([2H])c2[2H])c([2H])c([2H])c1[2H]. The van der Waals surface area contributed by atoms with E-state index in [4.69, 9.17) is 17.8 Å². The Kier molecular flexibility index (Phi) is 3.82. The quantitative estimate of drug-likeness (QED) is 0.171. The molecule has 0 N–H and O–H groups in total. The lowest BCUT2D eigenvalue weighted by molar-refractivity contribution is 0.953. The van der Waals surface area contributed by atoms with Gasteiger partial charge in [-0.3, -0.25) is 4.57 Å². The van der Waals surface area contributed by atoms with Crippen molar-refractivity contribution in [3.63, 3.8) is 0 Å². The van der Waals surface area contributed by atoms with Crippen molar-refractivity contribution in [2.45, 2.75) is 0 Å². The molecular formula is C51H33N5. The molecule has 0 spiro atoms. The molecule has 0 unspecified atom stereocenters. The van der Waals surface area contributed by atoms with Crippen LogP contribution in [-0.4, -0.2) is 24.1 Å². The van der Waals surface area contributed by atoms with Crippen molar-refractivity contribution in [2.24, 2.45) is 0 Å². The Labute approximate surface area is 355 Å². The fourth-order valence-electron chi connectivity index (χ4n) is 6.72. The molecule has 11 aromatic rings. The van der Waals surface area contributed by atoms with E-state index in [0.717, 1.165) is 21.8 Å². The average molecular weight is 739 g/mol. The summed E-state index contributed by atoms with van der Waals surface area (Å²) >= 11 is 0. The summed E-state index contributed by atoms with van der Waals surface area (Å²) in [4.78, 5) is 13.7. The van der Waals surface area contributed by atoms with E-state index >= 15 is 0 Å². The normalized spacial score (nSPS) is 17.3. The molecule has 262 valence electrons. The summed E-state index contributed by atoms with van der Waals surface area (Å²) in [7, 11) is 0. The maximum absolute atomic E-state index is 9.72. The van der Waals surface area contributed by atoms with Crippen molar-refractivity contribution in [1.29, 1.82) is 0 Å². The third-order valence-electron chi connectivity index (χ3n) is 9.19. The third-order valence-corrected chi connectivity index (χ3v) is 9.19. The number of rotatable bonds is 6. The van der Waals surface area contributed by atoms with Gasteiger partial charge in [-0.25, -0.2) is 4.98 Å². The standard InChI is InChI=1S/C51H33N5/c1-4-14-34(15-5-1)36-24-26-39(27-25-36)50-52-49(38-18-8-3-9-19-38)53-51(54-50)56-46-23-13-11-21-42(46)44-33-32-43-41-20-10-12-22-45(41)55(47(43)48(44)56)40-30-28-37(29-31-40)35-16-6-2-7-17-35/h1-33H/i1D,3D,4D,5D,8D,9D,10D,11D,12D,13D,14D,18D,19D,20D,21D,22D,23D,24D,25D,26D,27D,32D,33D. The van der Waals surface area contributed by atoms with Gasteiger partial charge in [0.05, 0.1) is 53.6 Å². The van der Waals surface area contributed by atoms with Gasteiger partial charge in [-0.2, -0.15) is 9.97 Å². The van der Waals surface area contributed by atoms with Gasteiger partial charge in [-0.1, -0.05) is 175 Å². The van der Waals surface area contributed by atoms with Gasteiger partial charge in [0.25, 0.3) is 0 Å². The van der Waals surface area contributed by atoms with Crippen LogP contribution in [0.4, 0.5) is 0 Å². The molecule has 0 saturated heterocycles. The molecule has 0 amide bonds. The molecule has 0 aliphatic carbocycles. The molecular weight excluding hydrogens is 683 g/mol. The zero-order valence-corrected chi connectivity index (χ0v) is 28.5. The van der Waals surface area contributed by atoms with E-state index in [1.54, 1.807) is 24.3 Å².